The molecule has 3 amide bonds. The molecule has 8 nitrogen and oxygen atoms in total. The highest BCUT2D eigenvalue weighted by Crippen LogP contribution is 2.39. The van der Waals surface area contributed by atoms with E-state index in [1.807, 2.05) is 49.4 Å². The number of carbonyl (C=O) groups excluding carboxylic acids is 3. The number of halogens is 1. The summed E-state index contributed by atoms with van der Waals surface area (Å²) in [4.78, 5) is 57.5. The number of carboxylic acids is 1. The highest BCUT2D eigenvalue weighted by Gasteiger charge is 2.45. The quantitative estimate of drug-likeness (QED) is 0.341. The largest absolute Gasteiger partial charge is 0.481 e. The molecule has 2 fully saturated rings. The number of nitrogens with one attached hydrogen (secondary N) is 1. The number of aliphatic carboxylic acids is 1. The first-order valence-corrected chi connectivity index (χ1v) is 15.2. The Morgan fingerprint density at radius 1 is 0.864 bits per heavy atom. The Morgan fingerprint density at radius 2 is 1.52 bits per heavy atom. The zero-order chi connectivity index (χ0) is 31.2. The van der Waals surface area contributed by atoms with Crippen LogP contribution in [0.1, 0.15) is 77.5 Å². The van der Waals surface area contributed by atoms with E-state index < -0.39 is 41.7 Å². The fourth-order valence-corrected chi connectivity index (χ4v) is 6.61. The molecule has 1 saturated carbocycles. The molecule has 3 aromatic rings. The number of rotatable bonds is 9. The molecule has 3 aromatic carbocycles. The van der Waals surface area contributed by atoms with Gasteiger partial charge in [0.05, 0.1) is 18.4 Å². The van der Waals surface area contributed by atoms with Crippen LogP contribution in [0.5, 0.6) is 0 Å². The van der Waals surface area contributed by atoms with Gasteiger partial charge in [0.25, 0.3) is 11.8 Å². The molecule has 9 heteroatoms. The summed E-state index contributed by atoms with van der Waals surface area (Å²) < 4.78 is 13.7. The van der Waals surface area contributed by atoms with E-state index in [9.17, 15) is 28.7 Å². The van der Waals surface area contributed by atoms with Crippen molar-refractivity contribution >= 4 is 23.7 Å². The van der Waals surface area contributed by atoms with Crippen molar-refractivity contribution < 1.29 is 28.7 Å². The minimum Gasteiger partial charge on any atom is -0.481 e. The number of carbonyl (C=O) groups is 4. The minimum absolute atomic E-state index is 0.101. The summed E-state index contributed by atoms with van der Waals surface area (Å²) in [5, 5.41) is 12.6. The van der Waals surface area contributed by atoms with Gasteiger partial charge < -0.3 is 20.2 Å². The van der Waals surface area contributed by atoms with Crippen LogP contribution in [-0.4, -0.2) is 57.9 Å². The molecule has 2 aliphatic rings. The normalized spacial score (nSPS) is 18.5. The third-order valence-electron chi connectivity index (χ3n) is 8.69. The van der Waals surface area contributed by atoms with E-state index in [1.165, 1.54) is 34.1 Å². The second-order valence-electron chi connectivity index (χ2n) is 11.8. The van der Waals surface area contributed by atoms with Crippen molar-refractivity contribution in [2.75, 3.05) is 13.1 Å². The van der Waals surface area contributed by atoms with Crippen LogP contribution in [0.2, 0.25) is 0 Å². The Morgan fingerprint density at radius 3 is 2.18 bits per heavy atom. The standard InChI is InChI=1S/C35H38FN3O5/c1-23-9-7-14-27(21-23)29(22-30(40)41)37-32(42)33-38(34(43)26-15-17-28(36)18-16-26)19-8-20-39(33)35(44)31(25-12-5-6-13-25)24-10-3-2-4-11-24/h2-4,7,9-11,14-18,21,25,29,31,33H,5-6,8,12-13,19-20,22H2,1H3,(H,37,42)(H,40,41). The molecular formula is C35H38FN3O5. The Labute approximate surface area is 256 Å². The Hall–Kier alpha value is -4.53. The lowest BCUT2D eigenvalue weighted by Gasteiger charge is -2.45. The topological polar surface area (TPSA) is 107 Å². The van der Waals surface area contributed by atoms with E-state index in [1.54, 1.807) is 12.1 Å². The van der Waals surface area contributed by atoms with Crippen molar-refractivity contribution in [2.45, 2.75) is 63.6 Å². The van der Waals surface area contributed by atoms with Crippen LogP contribution in [0.25, 0.3) is 0 Å². The first-order valence-electron chi connectivity index (χ1n) is 15.2. The van der Waals surface area contributed by atoms with Crippen molar-refractivity contribution in [3.8, 4) is 0 Å². The van der Waals surface area contributed by atoms with Crippen molar-refractivity contribution in [3.05, 3.63) is 107 Å². The minimum atomic E-state index is -1.32. The zero-order valence-electron chi connectivity index (χ0n) is 24.8. The van der Waals surface area contributed by atoms with Gasteiger partial charge >= 0.3 is 5.97 Å². The third-order valence-corrected chi connectivity index (χ3v) is 8.69. The first-order chi connectivity index (χ1) is 21.2. The van der Waals surface area contributed by atoms with Crippen molar-refractivity contribution in [1.29, 1.82) is 0 Å². The van der Waals surface area contributed by atoms with Crippen molar-refractivity contribution in [3.63, 3.8) is 0 Å². The smallest absolute Gasteiger partial charge is 0.305 e. The summed E-state index contributed by atoms with van der Waals surface area (Å²) in [5.41, 5.74) is 2.57. The Kier molecular flexibility index (Phi) is 9.72. The van der Waals surface area contributed by atoms with E-state index in [4.69, 9.17) is 0 Å². The molecule has 0 aromatic heterocycles. The highest BCUT2D eigenvalue weighted by atomic mass is 19.1. The summed E-state index contributed by atoms with van der Waals surface area (Å²) in [6.45, 7) is 2.33. The van der Waals surface area contributed by atoms with E-state index in [2.05, 4.69) is 5.32 Å². The van der Waals surface area contributed by atoms with E-state index in [0.29, 0.717) is 12.0 Å². The fraction of sp³-hybridized carbons (Fsp3) is 0.371. The summed E-state index contributed by atoms with van der Waals surface area (Å²) in [6, 6.07) is 21.0. The molecule has 1 aliphatic carbocycles. The number of hydrogen-bond donors (Lipinski definition) is 2. The lowest BCUT2D eigenvalue weighted by atomic mass is 9.83. The number of hydrogen-bond acceptors (Lipinski definition) is 4. The number of aryl methyl sites for hydroxylation is 1. The maximum absolute atomic E-state index is 14.6. The van der Waals surface area contributed by atoms with E-state index in [0.717, 1.165) is 36.8 Å². The highest BCUT2D eigenvalue weighted by molar-refractivity contribution is 5.99. The van der Waals surface area contributed by atoms with Gasteiger partial charge in [-0.15, -0.1) is 0 Å². The van der Waals surface area contributed by atoms with Gasteiger partial charge in [-0.2, -0.15) is 0 Å². The molecule has 0 spiro atoms. The Bertz CT molecular complexity index is 1490. The molecule has 1 aliphatic heterocycles. The Balaban J connectivity index is 1.53. The molecule has 2 N–H and O–H groups in total. The molecule has 1 heterocycles. The van der Waals surface area contributed by atoms with Gasteiger partial charge in [0, 0.05) is 18.7 Å². The SMILES string of the molecule is Cc1cccc(C(CC(=O)O)NC(=O)C2N(C(=O)c3ccc(F)cc3)CCCN2C(=O)C(c2ccccc2)C2CCCC2)c1. The molecule has 1 saturated heterocycles. The second kappa shape index (κ2) is 13.8. The lowest BCUT2D eigenvalue weighted by molar-refractivity contribution is -0.152. The summed E-state index contributed by atoms with van der Waals surface area (Å²) in [5.74, 6) is -3.36. The van der Waals surface area contributed by atoms with Gasteiger partial charge in [0.1, 0.15) is 5.82 Å². The molecule has 3 atom stereocenters. The van der Waals surface area contributed by atoms with E-state index >= 15 is 0 Å². The fourth-order valence-electron chi connectivity index (χ4n) is 6.61. The van der Waals surface area contributed by atoms with Crippen LogP contribution < -0.4 is 5.32 Å². The van der Waals surface area contributed by atoms with Gasteiger partial charge in [-0.25, -0.2) is 4.39 Å². The summed E-state index contributed by atoms with van der Waals surface area (Å²) in [6.07, 6.45) is 2.58. The van der Waals surface area contributed by atoms with Gasteiger partial charge in [0.2, 0.25) is 5.91 Å². The summed E-state index contributed by atoms with van der Waals surface area (Å²) in [7, 11) is 0. The van der Waals surface area contributed by atoms with Gasteiger partial charge in [0.15, 0.2) is 6.17 Å². The molecule has 0 radical (unpaired) electrons. The predicted molar refractivity (Wildman–Crippen MR) is 163 cm³/mol. The number of carboxylic acid groups (broad SMARTS) is 1. The predicted octanol–water partition coefficient (Wildman–Crippen LogP) is 5.44. The molecule has 230 valence electrons. The number of nitrogens with zero attached hydrogens (tertiary/aromatic N) is 2. The maximum Gasteiger partial charge on any atom is 0.305 e. The first kappa shape index (κ1) is 30.9. The molecular weight excluding hydrogens is 561 g/mol. The van der Waals surface area contributed by atoms with Crippen LogP contribution >= 0.6 is 0 Å². The van der Waals surface area contributed by atoms with Crippen molar-refractivity contribution in [2.24, 2.45) is 5.92 Å². The number of benzene rings is 3. The number of amides is 3. The zero-order valence-corrected chi connectivity index (χ0v) is 24.8. The van der Waals surface area contributed by atoms with Crippen LogP contribution in [0.3, 0.4) is 0 Å². The average Bonchev–Trinajstić information content (AvgIpc) is 3.55. The second-order valence-corrected chi connectivity index (χ2v) is 11.8. The average molecular weight is 600 g/mol. The molecule has 0 bridgehead atoms. The monoisotopic (exact) mass is 599 g/mol. The van der Waals surface area contributed by atoms with Gasteiger partial charge in [-0.3, -0.25) is 19.2 Å². The molecule has 5 rings (SSSR count). The summed E-state index contributed by atoms with van der Waals surface area (Å²) >= 11 is 0. The molecule has 3 unspecified atom stereocenters. The van der Waals surface area contributed by atoms with Crippen LogP contribution in [-0.2, 0) is 14.4 Å². The molecule has 44 heavy (non-hydrogen) atoms. The van der Waals surface area contributed by atoms with Crippen LogP contribution in [0.15, 0.2) is 78.9 Å². The van der Waals surface area contributed by atoms with E-state index in [-0.39, 0.29) is 36.9 Å². The van der Waals surface area contributed by atoms with Gasteiger partial charge in [-0.1, -0.05) is 73.0 Å². The van der Waals surface area contributed by atoms with Crippen LogP contribution in [0.4, 0.5) is 4.39 Å². The van der Waals surface area contributed by atoms with Crippen molar-refractivity contribution in [1.82, 2.24) is 15.1 Å². The maximum atomic E-state index is 14.6. The van der Waals surface area contributed by atoms with Gasteiger partial charge in [-0.05, 0) is 67.5 Å². The third kappa shape index (κ3) is 6.98. The van der Waals surface area contributed by atoms with Crippen LogP contribution in [0, 0.1) is 18.7 Å². The lowest BCUT2D eigenvalue weighted by Crippen LogP contribution is -2.64.